The van der Waals surface area contributed by atoms with Crippen LogP contribution in [0.5, 0.6) is 0 Å². The van der Waals surface area contributed by atoms with Crippen LogP contribution in [0.1, 0.15) is 41.8 Å². The summed E-state index contributed by atoms with van der Waals surface area (Å²) in [5, 5.41) is 2.90. The molecule has 2 rings (SSSR count). The normalized spacial score (nSPS) is 12.9. The number of aryl methyl sites for hydroxylation is 2. The SMILES string of the molecule is Cc1cccc(C(=O)O[C@@H](C)C(=O)N[C@@H](C)CCc2ccccc2)c1. The summed E-state index contributed by atoms with van der Waals surface area (Å²) < 4.78 is 5.27. The first-order valence-corrected chi connectivity index (χ1v) is 8.57. The maximum Gasteiger partial charge on any atom is 0.338 e. The highest BCUT2D eigenvalue weighted by molar-refractivity contribution is 5.92. The Morgan fingerprint density at radius 2 is 1.76 bits per heavy atom. The summed E-state index contributed by atoms with van der Waals surface area (Å²) in [7, 11) is 0. The first kappa shape index (κ1) is 18.7. The summed E-state index contributed by atoms with van der Waals surface area (Å²) in [5.41, 5.74) is 2.67. The lowest BCUT2D eigenvalue weighted by Gasteiger charge is -2.18. The second kappa shape index (κ2) is 9.02. The summed E-state index contributed by atoms with van der Waals surface area (Å²) in [5.74, 6) is -0.759. The van der Waals surface area contributed by atoms with E-state index in [2.05, 4.69) is 17.4 Å². The van der Waals surface area contributed by atoms with Gasteiger partial charge in [0.25, 0.3) is 5.91 Å². The number of benzene rings is 2. The van der Waals surface area contributed by atoms with Gasteiger partial charge in [0.2, 0.25) is 0 Å². The second-order valence-electron chi connectivity index (χ2n) is 6.35. The molecule has 2 aromatic carbocycles. The molecule has 0 heterocycles. The smallest absolute Gasteiger partial charge is 0.338 e. The molecule has 1 amide bonds. The number of carbonyl (C=O) groups excluding carboxylic acids is 2. The van der Waals surface area contributed by atoms with Crippen LogP contribution >= 0.6 is 0 Å². The highest BCUT2D eigenvalue weighted by atomic mass is 16.5. The second-order valence-corrected chi connectivity index (χ2v) is 6.35. The van der Waals surface area contributed by atoms with Gasteiger partial charge in [0.1, 0.15) is 0 Å². The van der Waals surface area contributed by atoms with Crippen molar-refractivity contribution in [2.24, 2.45) is 0 Å². The van der Waals surface area contributed by atoms with Gasteiger partial charge in [-0.05, 0) is 51.3 Å². The van der Waals surface area contributed by atoms with Crippen LogP contribution in [0.15, 0.2) is 54.6 Å². The van der Waals surface area contributed by atoms with Crippen LogP contribution in [0.4, 0.5) is 0 Å². The molecule has 25 heavy (non-hydrogen) atoms. The minimum absolute atomic E-state index is 0.00725. The third kappa shape index (κ3) is 6.07. The van der Waals surface area contributed by atoms with Crippen molar-refractivity contribution in [2.75, 3.05) is 0 Å². The number of hydrogen-bond donors (Lipinski definition) is 1. The topological polar surface area (TPSA) is 55.4 Å². The Morgan fingerprint density at radius 1 is 1.04 bits per heavy atom. The zero-order valence-corrected chi connectivity index (χ0v) is 15.0. The zero-order valence-electron chi connectivity index (χ0n) is 15.0. The third-order valence-corrected chi connectivity index (χ3v) is 4.00. The fourth-order valence-electron chi connectivity index (χ4n) is 2.51. The van der Waals surface area contributed by atoms with Crippen LogP contribution in [0.25, 0.3) is 0 Å². The molecule has 0 fully saturated rings. The molecular weight excluding hydrogens is 314 g/mol. The van der Waals surface area contributed by atoms with Crippen LogP contribution < -0.4 is 5.32 Å². The molecule has 0 aliphatic carbocycles. The molecule has 0 bridgehead atoms. The lowest BCUT2D eigenvalue weighted by molar-refractivity contribution is -0.129. The molecule has 2 aromatic rings. The molecule has 0 saturated heterocycles. The van der Waals surface area contributed by atoms with E-state index in [0.29, 0.717) is 5.56 Å². The minimum atomic E-state index is -0.827. The van der Waals surface area contributed by atoms with Crippen LogP contribution in [-0.2, 0) is 16.0 Å². The Bertz CT molecular complexity index is 712. The zero-order chi connectivity index (χ0) is 18.2. The van der Waals surface area contributed by atoms with Gasteiger partial charge in [-0.15, -0.1) is 0 Å². The average Bonchev–Trinajstić information content (AvgIpc) is 2.60. The van der Waals surface area contributed by atoms with E-state index in [1.54, 1.807) is 25.1 Å². The lowest BCUT2D eigenvalue weighted by Crippen LogP contribution is -2.41. The van der Waals surface area contributed by atoms with Gasteiger partial charge < -0.3 is 10.1 Å². The summed E-state index contributed by atoms with van der Waals surface area (Å²) in [4.78, 5) is 24.3. The molecule has 1 N–H and O–H groups in total. The number of carbonyl (C=O) groups is 2. The van der Waals surface area contributed by atoms with E-state index in [-0.39, 0.29) is 11.9 Å². The van der Waals surface area contributed by atoms with E-state index >= 15 is 0 Å². The van der Waals surface area contributed by atoms with Crippen molar-refractivity contribution in [3.63, 3.8) is 0 Å². The number of ether oxygens (including phenoxy) is 1. The minimum Gasteiger partial charge on any atom is -0.449 e. The summed E-state index contributed by atoms with van der Waals surface area (Å²) in [6.45, 7) is 5.45. The molecule has 0 saturated carbocycles. The van der Waals surface area contributed by atoms with Crippen molar-refractivity contribution in [3.8, 4) is 0 Å². The molecule has 0 aliphatic rings. The number of amides is 1. The molecule has 2 atom stereocenters. The highest BCUT2D eigenvalue weighted by Gasteiger charge is 2.20. The van der Waals surface area contributed by atoms with Gasteiger partial charge in [0.15, 0.2) is 6.10 Å². The predicted molar refractivity (Wildman–Crippen MR) is 98.4 cm³/mol. The number of hydrogen-bond acceptors (Lipinski definition) is 3. The number of esters is 1. The number of rotatable bonds is 7. The van der Waals surface area contributed by atoms with Gasteiger partial charge in [0, 0.05) is 6.04 Å². The van der Waals surface area contributed by atoms with E-state index in [1.165, 1.54) is 5.56 Å². The molecule has 0 aromatic heterocycles. The predicted octanol–water partition coefficient (Wildman–Crippen LogP) is 3.68. The van der Waals surface area contributed by atoms with Crippen LogP contribution in [-0.4, -0.2) is 24.0 Å². The average molecular weight is 339 g/mol. The molecule has 4 heteroatoms. The van der Waals surface area contributed by atoms with Crippen molar-refractivity contribution < 1.29 is 14.3 Å². The van der Waals surface area contributed by atoms with E-state index in [4.69, 9.17) is 4.74 Å². The van der Waals surface area contributed by atoms with Crippen molar-refractivity contribution in [2.45, 2.75) is 45.8 Å². The van der Waals surface area contributed by atoms with Crippen LogP contribution in [0, 0.1) is 6.92 Å². The Labute approximate surface area is 149 Å². The van der Waals surface area contributed by atoms with Crippen LogP contribution in [0.2, 0.25) is 0 Å². The fraction of sp³-hybridized carbons (Fsp3) is 0.333. The monoisotopic (exact) mass is 339 g/mol. The molecule has 0 unspecified atom stereocenters. The maximum absolute atomic E-state index is 12.2. The fourth-order valence-corrected chi connectivity index (χ4v) is 2.51. The standard InChI is InChI=1S/C21H25NO3/c1-15-8-7-11-19(14-15)21(24)25-17(3)20(23)22-16(2)12-13-18-9-5-4-6-10-18/h4-11,14,16-17H,12-13H2,1-3H3,(H,22,23)/t16-,17-/m0/s1. The highest BCUT2D eigenvalue weighted by Crippen LogP contribution is 2.08. The van der Waals surface area contributed by atoms with Crippen LogP contribution in [0.3, 0.4) is 0 Å². The van der Waals surface area contributed by atoms with E-state index in [9.17, 15) is 9.59 Å². The van der Waals surface area contributed by atoms with Gasteiger partial charge in [-0.25, -0.2) is 4.79 Å². The molecule has 0 aliphatic heterocycles. The maximum atomic E-state index is 12.2. The van der Waals surface area contributed by atoms with E-state index in [0.717, 1.165) is 18.4 Å². The molecule has 132 valence electrons. The largest absolute Gasteiger partial charge is 0.449 e. The first-order chi connectivity index (χ1) is 12.0. The Morgan fingerprint density at radius 3 is 2.44 bits per heavy atom. The summed E-state index contributed by atoms with van der Waals surface area (Å²) in [6, 6.07) is 17.3. The van der Waals surface area contributed by atoms with E-state index in [1.807, 2.05) is 38.1 Å². The summed E-state index contributed by atoms with van der Waals surface area (Å²) >= 11 is 0. The Hall–Kier alpha value is -2.62. The molecular formula is C21H25NO3. The molecule has 4 nitrogen and oxygen atoms in total. The van der Waals surface area contributed by atoms with Crippen molar-refractivity contribution in [1.29, 1.82) is 0 Å². The van der Waals surface area contributed by atoms with E-state index < -0.39 is 12.1 Å². The van der Waals surface area contributed by atoms with Crippen molar-refractivity contribution in [3.05, 3.63) is 71.3 Å². The third-order valence-electron chi connectivity index (χ3n) is 4.00. The van der Waals surface area contributed by atoms with Crippen molar-refractivity contribution in [1.82, 2.24) is 5.32 Å². The number of nitrogens with one attached hydrogen (secondary N) is 1. The Kier molecular flexibility index (Phi) is 6.75. The molecule has 0 spiro atoms. The lowest BCUT2D eigenvalue weighted by atomic mass is 10.1. The van der Waals surface area contributed by atoms with Gasteiger partial charge in [-0.2, -0.15) is 0 Å². The van der Waals surface area contributed by atoms with Gasteiger partial charge in [0.05, 0.1) is 5.56 Å². The van der Waals surface area contributed by atoms with Gasteiger partial charge in [-0.1, -0.05) is 48.0 Å². The Balaban J connectivity index is 1.80. The first-order valence-electron chi connectivity index (χ1n) is 8.57. The van der Waals surface area contributed by atoms with Gasteiger partial charge >= 0.3 is 5.97 Å². The van der Waals surface area contributed by atoms with Crippen molar-refractivity contribution >= 4 is 11.9 Å². The summed E-state index contributed by atoms with van der Waals surface area (Å²) in [6.07, 6.45) is 0.890. The quantitative estimate of drug-likeness (QED) is 0.783. The molecule has 0 radical (unpaired) electrons. The van der Waals surface area contributed by atoms with Gasteiger partial charge in [-0.3, -0.25) is 4.79 Å².